The number of benzene rings is 1. The number of hydrogen-bond donors (Lipinski definition) is 1. The Balaban J connectivity index is 0.00000225. The molecule has 0 aliphatic heterocycles. The van der Waals surface area contributed by atoms with Gasteiger partial charge in [-0.25, -0.2) is 8.42 Å². The van der Waals surface area contributed by atoms with Crippen LogP contribution in [0, 0.1) is 6.92 Å². The zero-order valence-electron chi connectivity index (χ0n) is 9.60. The van der Waals surface area contributed by atoms with E-state index >= 15 is 0 Å². The fourth-order valence-electron chi connectivity index (χ4n) is 1.29. The van der Waals surface area contributed by atoms with Gasteiger partial charge in [-0.15, -0.1) is 0 Å². The Morgan fingerprint density at radius 3 is 2.44 bits per heavy atom. The first-order chi connectivity index (χ1) is 6.72. The molecule has 1 rings (SSSR count). The molecule has 0 amide bonds. The van der Waals surface area contributed by atoms with Crippen LogP contribution in [0.25, 0.3) is 0 Å². The topological polar surface area (TPSA) is 77.4 Å². The van der Waals surface area contributed by atoms with Crippen molar-refractivity contribution >= 4 is 10.1 Å². The molecule has 16 heavy (non-hydrogen) atoms. The minimum Gasteiger partial charge on any atom is -0.746 e. The normalized spacial score (nSPS) is 15.0. The molecule has 0 aliphatic rings. The molecule has 0 saturated carbocycles. The van der Waals surface area contributed by atoms with Gasteiger partial charge in [0.25, 0.3) is 0 Å². The molecule has 1 aromatic rings. The molecule has 1 N–H and O–H groups in total. The first-order valence-corrected chi connectivity index (χ1v) is 5.86. The van der Waals surface area contributed by atoms with Crippen molar-refractivity contribution in [2.24, 2.45) is 0 Å². The van der Waals surface area contributed by atoms with E-state index in [-0.39, 0.29) is 36.0 Å². The largest absolute Gasteiger partial charge is 1.00 e. The molecule has 1 atom stereocenters. The summed E-state index contributed by atoms with van der Waals surface area (Å²) >= 11 is 0. The molecule has 0 aromatic heterocycles. The molecule has 4 nitrogen and oxygen atoms in total. The summed E-state index contributed by atoms with van der Waals surface area (Å²) in [5.74, 6) is 0. The quantitative estimate of drug-likeness (QED) is 0.489. The van der Waals surface area contributed by atoms with Crippen LogP contribution in [-0.2, 0) is 16.5 Å². The summed E-state index contributed by atoms with van der Waals surface area (Å²) in [4.78, 5) is -2.25. The summed E-state index contributed by atoms with van der Waals surface area (Å²) < 4.78 is 32.2. The predicted molar refractivity (Wildman–Crippen MR) is 55.2 cm³/mol. The second-order valence-electron chi connectivity index (χ2n) is 3.79. The SMILES string of the molecule is Cc1cccc(CC(C)(O)S(=O)(=O)[O-])c1.[Na+]. The molecule has 84 valence electrons. The molecule has 0 aliphatic carbocycles. The Morgan fingerprint density at radius 2 is 2.00 bits per heavy atom. The Morgan fingerprint density at radius 1 is 1.44 bits per heavy atom. The zero-order chi connectivity index (χ0) is 11.7. The van der Waals surface area contributed by atoms with Crippen LogP contribution in [0.1, 0.15) is 18.1 Å². The van der Waals surface area contributed by atoms with Crippen molar-refractivity contribution in [3.05, 3.63) is 35.4 Å². The van der Waals surface area contributed by atoms with Crippen molar-refractivity contribution in [3.63, 3.8) is 0 Å². The standard InChI is InChI=1S/C10H14O4S.Na/c1-8-4-3-5-9(6-8)7-10(2,11)15(12,13)14;/h3-6,11H,7H2,1-2H3,(H,12,13,14);/q;+1/p-1. The van der Waals surface area contributed by atoms with E-state index in [1.54, 1.807) is 18.2 Å². The van der Waals surface area contributed by atoms with Crippen molar-refractivity contribution in [2.45, 2.75) is 25.2 Å². The first-order valence-electron chi connectivity index (χ1n) is 4.46. The fourth-order valence-corrected chi connectivity index (χ4v) is 1.63. The van der Waals surface area contributed by atoms with Gasteiger partial charge in [0.2, 0.25) is 0 Å². The van der Waals surface area contributed by atoms with Crippen LogP contribution < -0.4 is 29.6 Å². The summed E-state index contributed by atoms with van der Waals surface area (Å²) in [5, 5.41) is 9.49. The van der Waals surface area contributed by atoms with Gasteiger partial charge >= 0.3 is 29.6 Å². The Hall–Kier alpha value is 0.0900. The van der Waals surface area contributed by atoms with E-state index in [0.29, 0.717) is 5.56 Å². The average Bonchev–Trinajstić information content (AvgIpc) is 2.00. The number of aryl methyl sites for hydroxylation is 1. The smallest absolute Gasteiger partial charge is 0.746 e. The molecule has 0 radical (unpaired) electrons. The molecule has 0 saturated heterocycles. The molecular weight excluding hydrogens is 239 g/mol. The van der Waals surface area contributed by atoms with Gasteiger partial charge < -0.3 is 9.66 Å². The molecule has 0 bridgehead atoms. The number of hydrogen-bond acceptors (Lipinski definition) is 4. The van der Waals surface area contributed by atoms with Crippen LogP contribution in [0.4, 0.5) is 0 Å². The fraction of sp³-hybridized carbons (Fsp3) is 0.400. The summed E-state index contributed by atoms with van der Waals surface area (Å²) in [7, 11) is -4.71. The van der Waals surface area contributed by atoms with E-state index < -0.39 is 15.1 Å². The molecular formula is C10H13NaO4S. The van der Waals surface area contributed by atoms with Crippen molar-refractivity contribution in [1.29, 1.82) is 0 Å². The van der Waals surface area contributed by atoms with Crippen LogP contribution in [0.5, 0.6) is 0 Å². The number of aliphatic hydroxyl groups is 1. The second-order valence-corrected chi connectivity index (χ2v) is 5.58. The van der Waals surface area contributed by atoms with Crippen LogP contribution >= 0.6 is 0 Å². The van der Waals surface area contributed by atoms with E-state index in [4.69, 9.17) is 0 Å². The minimum atomic E-state index is -4.71. The Kier molecular flexibility index (Phi) is 5.65. The zero-order valence-corrected chi connectivity index (χ0v) is 12.4. The van der Waals surface area contributed by atoms with Gasteiger partial charge in [-0.3, -0.25) is 0 Å². The Bertz CT molecular complexity index is 454. The third kappa shape index (κ3) is 4.16. The minimum absolute atomic E-state index is 0. The second kappa shape index (κ2) is 5.62. The monoisotopic (exact) mass is 252 g/mol. The van der Waals surface area contributed by atoms with E-state index in [0.717, 1.165) is 12.5 Å². The Labute approximate surface area is 118 Å². The van der Waals surface area contributed by atoms with Crippen LogP contribution in [-0.4, -0.2) is 23.0 Å². The third-order valence-corrected chi connectivity index (χ3v) is 3.37. The average molecular weight is 252 g/mol. The van der Waals surface area contributed by atoms with Gasteiger partial charge in [-0.1, -0.05) is 29.8 Å². The summed E-state index contributed by atoms with van der Waals surface area (Å²) in [6.45, 7) is 2.86. The summed E-state index contributed by atoms with van der Waals surface area (Å²) in [6.07, 6.45) is -0.194. The van der Waals surface area contributed by atoms with Gasteiger partial charge in [0.15, 0.2) is 4.93 Å². The van der Waals surface area contributed by atoms with E-state index in [1.807, 2.05) is 13.0 Å². The predicted octanol–water partition coefficient (Wildman–Crippen LogP) is -2.20. The molecule has 1 aromatic carbocycles. The number of rotatable bonds is 3. The van der Waals surface area contributed by atoms with Crippen LogP contribution in [0.3, 0.4) is 0 Å². The first kappa shape index (κ1) is 16.1. The van der Waals surface area contributed by atoms with Gasteiger partial charge in [-0.05, 0) is 19.4 Å². The maximum Gasteiger partial charge on any atom is 1.00 e. The third-order valence-electron chi connectivity index (χ3n) is 2.15. The molecule has 0 fully saturated rings. The van der Waals surface area contributed by atoms with E-state index in [1.165, 1.54) is 0 Å². The van der Waals surface area contributed by atoms with E-state index in [2.05, 4.69) is 0 Å². The van der Waals surface area contributed by atoms with Crippen molar-refractivity contribution < 1.29 is 47.6 Å². The van der Waals surface area contributed by atoms with Gasteiger partial charge in [0.05, 0.1) is 0 Å². The maximum atomic E-state index is 10.7. The van der Waals surface area contributed by atoms with Crippen molar-refractivity contribution in [2.75, 3.05) is 0 Å². The van der Waals surface area contributed by atoms with E-state index in [9.17, 15) is 18.1 Å². The van der Waals surface area contributed by atoms with Gasteiger partial charge in [0.1, 0.15) is 10.1 Å². The molecule has 0 spiro atoms. The summed E-state index contributed by atoms with van der Waals surface area (Å²) in [6, 6.07) is 7.01. The molecule has 1 unspecified atom stereocenters. The van der Waals surface area contributed by atoms with Gasteiger partial charge in [-0.2, -0.15) is 0 Å². The van der Waals surface area contributed by atoms with Crippen molar-refractivity contribution in [3.8, 4) is 0 Å². The molecule has 0 heterocycles. The van der Waals surface area contributed by atoms with Crippen LogP contribution in [0.15, 0.2) is 24.3 Å². The molecule has 6 heteroatoms. The van der Waals surface area contributed by atoms with Crippen molar-refractivity contribution in [1.82, 2.24) is 0 Å². The van der Waals surface area contributed by atoms with Gasteiger partial charge in [0, 0.05) is 6.42 Å². The summed E-state index contributed by atoms with van der Waals surface area (Å²) in [5.41, 5.74) is 1.58. The van der Waals surface area contributed by atoms with Crippen LogP contribution in [0.2, 0.25) is 0 Å². The maximum absolute atomic E-state index is 10.7.